The SMILES string of the molecule is N#C/C(=C\c1ccc(OS(=O)(=O)c2ccc([N+](=O)[O-])cc2)cc1)C(=O)Nc1cccc([N+](=O)[O-])c1. The maximum atomic E-state index is 12.4. The highest BCUT2D eigenvalue weighted by Gasteiger charge is 2.18. The van der Waals surface area contributed by atoms with E-state index < -0.39 is 25.9 Å². The van der Waals surface area contributed by atoms with Gasteiger partial charge in [0.25, 0.3) is 17.3 Å². The van der Waals surface area contributed by atoms with E-state index in [4.69, 9.17) is 4.18 Å². The van der Waals surface area contributed by atoms with Crippen LogP contribution in [0.3, 0.4) is 0 Å². The Balaban J connectivity index is 1.73. The number of non-ortho nitro benzene ring substituents is 2. The lowest BCUT2D eigenvalue weighted by molar-refractivity contribution is -0.385. The Hall–Kier alpha value is -5.09. The quantitative estimate of drug-likeness (QED) is 0.160. The van der Waals surface area contributed by atoms with Gasteiger partial charge in [-0.15, -0.1) is 0 Å². The van der Waals surface area contributed by atoms with Crippen molar-refractivity contribution in [3.63, 3.8) is 0 Å². The summed E-state index contributed by atoms with van der Waals surface area (Å²) in [6, 6.07) is 16.5. The van der Waals surface area contributed by atoms with E-state index in [0.717, 1.165) is 30.3 Å². The van der Waals surface area contributed by atoms with Crippen LogP contribution < -0.4 is 9.50 Å². The Kier molecular flexibility index (Phi) is 7.18. The number of carbonyl (C=O) groups excluding carboxylic acids is 1. The van der Waals surface area contributed by atoms with E-state index >= 15 is 0 Å². The van der Waals surface area contributed by atoms with Crippen molar-refractivity contribution in [3.05, 3.63) is 104 Å². The lowest BCUT2D eigenvalue weighted by Crippen LogP contribution is -2.13. The molecule has 0 fully saturated rings. The smallest absolute Gasteiger partial charge is 0.339 e. The number of nitro benzene ring substituents is 2. The van der Waals surface area contributed by atoms with Gasteiger partial charge < -0.3 is 9.50 Å². The number of hydrogen-bond acceptors (Lipinski definition) is 9. The molecule has 0 unspecified atom stereocenters. The molecule has 3 aromatic rings. The van der Waals surface area contributed by atoms with Crippen LogP contribution in [0.15, 0.2) is 83.3 Å². The van der Waals surface area contributed by atoms with Crippen molar-refractivity contribution in [1.82, 2.24) is 0 Å². The van der Waals surface area contributed by atoms with Crippen molar-refractivity contribution in [1.29, 1.82) is 5.26 Å². The van der Waals surface area contributed by atoms with E-state index in [0.29, 0.717) is 5.56 Å². The maximum Gasteiger partial charge on any atom is 0.339 e. The fourth-order valence-corrected chi connectivity index (χ4v) is 3.67. The Morgan fingerprint density at radius 1 is 0.943 bits per heavy atom. The van der Waals surface area contributed by atoms with Gasteiger partial charge in [0.05, 0.1) is 9.85 Å². The summed E-state index contributed by atoms with van der Waals surface area (Å²) in [6.45, 7) is 0. The normalized spacial score (nSPS) is 11.2. The molecule has 0 atom stereocenters. The van der Waals surface area contributed by atoms with Gasteiger partial charge in [-0.05, 0) is 42.0 Å². The van der Waals surface area contributed by atoms with Crippen molar-refractivity contribution in [2.75, 3.05) is 5.32 Å². The molecule has 176 valence electrons. The first-order valence-electron chi connectivity index (χ1n) is 9.55. The van der Waals surface area contributed by atoms with Crippen LogP contribution in [0.25, 0.3) is 6.08 Å². The molecule has 0 aliphatic carbocycles. The van der Waals surface area contributed by atoms with Crippen LogP contribution in [-0.4, -0.2) is 24.2 Å². The maximum absolute atomic E-state index is 12.4. The first-order valence-corrected chi connectivity index (χ1v) is 11.0. The Morgan fingerprint density at radius 3 is 2.14 bits per heavy atom. The van der Waals surface area contributed by atoms with E-state index in [-0.39, 0.29) is 33.3 Å². The van der Waals surface area contributed by atoms with Gasteiger partial charge in [-0.1, -0.05) is 18.2 Å². The van der Waals surface area contributed by atoms with E-state index in [1.165, 1.54) is 48.5 Å². The molecule has 0 aliphatic heterocycles. The lowest BCUT2D eigenvalue weighted by atomic mass is 10.1. The molecule has 0 bridgehead atoms. The van der Waals surface area contributed by atoms with Crippen molar-refractivity contribution in [3.8, 4) is 11.8 Å². The number of amides is 1. The van der Waals surface area contributed by atoms with E-state index in [1.54, 1.807) is 6.07 Å². The van der Waals surface area contributed by atoms with Crippen LogP contribution in [-0.2, 0) is 14.9 Å². The summed E-state index contributed by atoms with van der Waals surface area (Å²) in [7, 11) is -4.26. The molecule has 13 heteroatoms. The molecule has 3 aromatic carbocycles. The molecule has 0 heterocycles. The summed E-state index contributed by atoms with van der Waals surface area (Å²) in [5.41, 5.74) is -0.308. The molecule has 0 aromatic heterocycles. The molecule has 3 rings (SSSR count). The molecular formula is C22H14N4O8S. The van der Waals surface area contributed by atoms with Gasteiger partial charge >= 0.3 is 10.1 Å². The minimum Gasteiger partial charge on any atom is -0.379 e. The van der Waals surface area contributed by atoms with E-state index in [2.05, 4.69) is 5.32 Å². The standard InChI is InChI=1S/C22H14N4O8S/c23-14-16(22(27)24-17-2-1-3-19(13-17)26(30)31)12-15-4-8-20(9-5-15)34-35(32,33)21-10-6-18(7-11-21)25(28)29/h1-13H,(H,24,27)/b16-12+. The Morgan fingerprint density at radius 2 is 1.57 bits per heavy atom. The van der Waals surface area contributed by atoms with Gasteiger partial charge in [-0.3, -0.25) is 25.0 Å². The number of anilines is 1. The van der Waals surface area contributed by atoms with Crippen LogP contribution in [0.1, 0.15) is 5.56 Å². The molecule has 12 nitrogen and oxygen atoms in total. The number of nitriles is 1. The van der Waals surface area contributed by atoms with Crippen LogP contribution in [0.5, 0.6) is 5.75 Å². The van der Waals surface area contributed by atoms with Crippen molar-refractivity contribution in [2.24, 2.45) is 0 Å². The number of carbonyl (C=O) groups is 1. The second-order valence-electron chi connectivity index (χ2n) is 6.79. The first kappa shape index (κ1) is 24.6. The number of nitrogens with zero attached hydrogens (tertiary/aromatic N) is 3. The summed E-state index contributed by atoms with van der Waals surface area (Å²) in [5, 5.41) is 33.3. The second-order valence-corrected chi connectivity index (χ2v) is 8.34. The Bertz CT molecular complexity index is 1480. The van der Waals surface area contributed by atoms with Crippen LogP contribution in [0, 0.1) is 31.6 Å². The molecule has 1 N–H and O–H groups in total. The zero-order valence-corrected chi connectivity index (χ0v) is 18.3. The summed E-state index contributed by atoms with van der Waals surface area (Å²) < 4.78 is 29.8. The number of nitro groups is 2. The second kappa shape index (κ2) is 10.2. The first-order chi connectivity index (χ1) is 16.6. The zero-order valence-electron chi connectivity index (χ0n) is 17.5. The van der Waals surface area contributed by atoms with Crippen LogP contribution >= 0.6 is 0 Å². The largest absolute Gasteiger partial charge is 0.379 e. The van der Waals surface area contributed by atoms with Crippen molar-refractivity contribution in [2.45, 2.75) is 4.90 Å². The fraction of sp³-hybridized carbons (Fsp3) is 0. The fourth-order valence-electron chi connectivity index (χ4n) is 2.74. The molecule has 1 amide bonds. The zero-order chi connectivity index (χ0) is 25.6. The summed E-state index contributed by atoms with van der Waals surface area (Å²) >= 11 is 0. The minimum absolute atomic E-state index is 0.0694. The predicted molar refractivity (Wildman–Crippen MR) is 123 cm³/mol. The van der Waals surface area contributed by atoms with Gasteiger partial charge in [0.2, 0.25) is 0 Å². The molecule has 0 aliphatic rings. The van der Waals surface area contributed by atoms with Gasteiger partial charge in [0.1, 0.15) is 22.3 Å². The third kappa shape index (κ3) is 6.24. The number of hydrogen-bond donors (Lipinski definition) is 1. The van der Waals surface area contributed by atoms with Gasteiger partial charge in [-0.2, -0.15) is 13.7 Å². The molecule has 0 saturated heterocycles. The lowest BCUT2D eigenvalue weighted by Gasteiger charge is -2.07. The van der Waals surface area contributed by atoms with Crippen molar-refractivity contribution >= 4 is 39.2 Å². The summed E-state index contributed by atoms with van der Waals surface area (Å²) in [5.74, 6) is -0.867. The average molecular weight is 494 g/mol. The molecule has 0 radical (unpaired) electrons. The predicted octanol–water partition coefficient (Wildman–Crippen LogP) is 3.82. The number of rotatable bonds is 8. The number of nitrogens with one attached hydrogen (secondary N) is 1. The molecular weight excluding hydrogens is 480 g/mol. The Labute approximate surface area is 198 Å². The van der Waals surface area contributed by atoms with Crippen LogP contribution in [0.4, 0.5) is 17.1 Å². The van der Waals surface area contributed by atoms with Gasteiger partial charge in [-0.25, -0.2) is 0 Å². The summed E-state index contributed by atoms with van der Waals surface area (Å²) in [4.78, 5) is 32.4. The van der Waals surface area contributed by atoms with Gasteiger partial charge in [0, 0.05) is 30.0 Å². The minimum atomic E-state index is -4.26. The molecule has 35 heavy (non-hydrogen) atoms. The monoisotopic (exact) mass is 494 g/mol. The highest BCUT2D eigenvalue weighted by molar-refractivity contribution is 7.87. The van der Waals surface area contributed by atoms with Crippen LogP contribution in [0.2, 0.25) is 0 Å². The van der Waals surface area contributed by atoms with E-state index in [9.17, 15) is 38.7 Å². The summed E-state index contributed by atoms with van der Waals surface area (Å²) in [6.07, 6.45) is 1.24. The third-order valence-corrected chi connectivity index (χ3v) is 5.67. The molecule has 0 saturated carbocycles. The highest BCUT2D eigenvalue weighted by atomic mass is 32.2. The number of benzene rings is 3. The topological polar surface area (TPSA) is 183 Å². The van der Waals surface area contributed by atoms with Gasteiger partial charge in [0.15, 0.2) is 0 Å². The third-order valence-electron chi connectivity index (χ3n) is 4.41. The molecule has 0 spiro atoms. The van der Waals surface area contributed by atoms with E-state index in [1.807, 2.05) is 0 Å². The van der Waals surface area contributed by atoms with Crippen molar-refractivity contribution < 1.29 is 27.2 Å². The highest BCUT2D eigenvalue weighted by Crippen LogP contribution is 2.22. The average Bonchev–Trinajstić information content (AvgIpc) is 2.83.